The second kappa shape index (κ2) is 9.13. The normalized spacial score (nSPS) is 23.4. The number of ketones is 1. The van der Waals surface area contributed by atoms with Crippen molar-refractivity contribution in [3.63, 3.8) is 0 Å². The first kappa shape index (κ1) is 20.2. The van der Waals surface area contributed by atoms with Gasteiger partial charge < -0.3 is 4.74 Å². The van der Waals surface area contributed by atoms with E-state index < -0.39 is 6.04 Å². The molecule has 1 saturated heterocycles. The Morgan fingerprint density at radius 2 is 2.07 bits per heavy atom. The van der Waals surface area contributed by atoms with Gasteiger partial charge in [0.15, 0.2) is 10.9 Å². The number of Topliss-reactive ketones (excluding diaryl/α,β-unsaturated/α-hetero) is 1. The Kier molecular flexibility index (Phi) is 6.84. The van der Waals surface area contributed by atoms with Crippen molar-refractivity contribution < 1.29 is 18.7 Å². The highest BCUT2D eigenvalue weighted by atomic mass is 32.2. The van der Waals surface area contributed by atoms with Gasteiger partial charge in [-0.05, 0) is 30.9 Å². The highest BCUT2D eigenvalue weighted by Gasteiger charge is 2.41. The summed E-state index contributed by atoms with van der Waals surface area (Å²) in [6.07, 6.45) is 4.54. The fraction of sp³-hybridized carbons (Fsp3) is 0.524. The van der Waals surface area contributed by atoms with E-state index in [0.29, 0.717) is 25.3 Å². The van der Waals surface area contributed by atoms with Crippen molar-refractivity contribution in [2.45, 2.75) is 37.5 Å². The summed E-state index contributed by atoms with van der Waals surface area (Å²) >= 11 is 1.33. The lowest BCUT2D eigenvalue weighted by atomic mass is 9.93. The van der Waals surface area contributed by atoms with E-state index in [9.17, 15) is 14.0 Å². The first-order chi connectivity index (χ1) is 13.0. The van der Waals surface area contributed by atoms with E-state index in [1.165, 1.54) is 17.8 Å². The van der Waals surface area contributed by atoms with Crippen molar-refractivity contribution in [1.29, 1.82) is 0 Å². The number of hydrogen-bond acceptors (Lipinski definition) is 5. The van der Waals surface area contributed by atoms with Crippen LogP contribution in [0, 0.1) is 11.7 Å². The average molecular weight is 392 g/mol. The molecule has 1 aliphatic carbocycles. The van der Waals surface area contributed by atoms with E-state index in [-0.39, 0.29) is 27.9 Å². The van der Waals surface area contributed by atoms with E-state index in [4.69, 9.17) is 4.74 Å². The molecule has 2 aliphatic rings. The zero-order valence-electron chi connectivity index (χ0n) is 15.8. The molecule has 2 unspecified atom stereocenters. The number of ether oxygens (including phenoxy) is 1. The maximum Gasteiger partial charge on any atom is 0.186 e. The predicted octanol–water partition coefficient (Wildman–Crippen LogP) is 3.77. The van der Waals surface area contributed by atoms with Gasteiger partial charge in [-0.3, -0.25) is 14.5 Å². The van der Waals surface area contributed by atoms with Crippen LogP contribution in [0.3, 0.4) is 0 Å². The number of hydrogen-bond donors (Lipinski definition) is 0. The molecule has 146 valence electrons. The van der Waals surface area contributed by atoms with Crippen LogP contribution in [0.5, 0.6) is 0 Å². The van der Waals surface area contributed by atoms with Gasteiger partial charge in [-0.25, -0.2) is 4.39 Å². The third-order valence-electron chi connectivity index (χ3n) is 5.11. The van der Waals surface area contributed by atoms with Crippen molar-refractivity contribution in [1.82, 2.24) is 4.90 Å². The van der Waals surface area contributed by atoms with Crippen molar-refractivity contribution in [3.8, 4) is 0 Å². The van der Waals surface area contributed by atoms with Crippen molar-refractivity contribution >= 4 is 22.7 Å². The standard InChI is InChI=1S/C21H26FNO3S/c1-14(24)27-19-9-11-23(13-16(19)10-12-26-2)20(21(25)15-7-8-15)17-5-3-4-6-18(17)22/h3-6,10,15,19-20H,7-9,11-13H2,1-2H3. The molecule has 1 aromatic rings. The van der Waals surface area contributed by atoms with E-state index in [1.54, 1.807) is 32.2 Å². The zero-order chi connectivity index (χ0) is 19.4. The molecule has 2 atom stereocenters. The first-order valence-electron chi connectivity index (χ1n) is 9.38. The van der Waals surface area contributed by atoms with E-state index >= 15 is 0 Å². The topological polar surface area (TPSA) is 46.6 Å². The number of benzene rings is 1. The van der Waals surface area contributed by atoms with Crippen LogP contribution in [0.2, 0.25) is 0 Å². The molecule has 1 aromatic carbocycles. The highest BCUT2D eigenvalue weighted by Crippen LogP contribution is 2.40. The van der Waals surface area contributed by atoms with E-state index in [2.05, 4.69) is 4.90 Å². The van der Waals surface area contributed by atoms with Gasteiger partial charge in [-0.2, -0.15) is 0 Å². The number of thioether (sulfide) groups is 1. The number of rotatable bonds is 7. The Bertz CT molecular complexity index is 732. The number of nitrogens with zero attached hydrogens (tertiary/aromatic N) is 1. The molecule has 0 spiro atoms. The van der Waals surface area contributed by atoms with Crippen LogP contribution in [0.25, 0.3) is 0 Å². The summed E-state index contributed by atoms with van der Waals surface area (Å²) in [5.41, 5.74) is 1.53. The van der Waals surface area contributed by atoms with E-state index in [1.807, 2.05) is 6.08 Å². The molecular weight excluding hydrogens is 365 g/mol. The number of methoxy groups -OCH3 is 1. The molecule has 2 fully saturated rings. The van der Waals surface area contributed by atoms with Gasteiger partial charge in [0.05, 0.1) is 12.6 Å². The van der Waals surface area contributed by atoms with Crippen molar-refractivity contribution in [2.75, 3.05) is 26.8 Å². The van der Waals surface area contributed by atoms with Gasteiger partial charge in [0, 0.05) is 43.9 Å². The minimum absolute atomic E-state index is 0.0466. The average Bonchev–Trinajstić information content (AvgIpc) is 3.48. The summed E-state index contributed by atoms with van der Waals surface area (Å²) in [5.74, 6) is -0.173. The number of likely N-dealkylation sites (tertiary alicyclic amines) is 1. The fourth-order valence-electron chi connectivity index (χ4n) is 3.64. The Hall–Kier alpha value is -1.50. The smallest absolute Gasteiger partial charge is 0.186 e. The van der Waals surface area contributed by atoms with Gasteiger partial charge >= 0.3 is 0 Å². The van der Waals surface area contributed by atoms with E-state index in [0.717, 1.165) is 24.8 Å². The van der Waals surface area contributed by atoms with Gasteiger partial charge in [0.1, 0.15) is 5.82 Å². The van der Waals surface area contributed by atoms with Gasteiger partial charge in [0.25, 0.3) is 0 Å². The lowest BCUT2D eigenvalue weighted by molar-refractivity contribution is -0.126. The highest BCUT2D eigenvalue weighted by molar-refractivity contribution is 8.14. The molecule has 3 rings (SSSR count). The van der Waals surface area contributed by atoms with Crippen LogP contribution < -0.4 is 0 Å². The van der Waals surface area contributed by atoms with Gasteiger partial charge in [-0.15, -0.1) is 0 Å². The fourth-order valence-corrected chi connectivity index (χ4v) is 4.59. The van der Waals surface area contributed by atoms with Crippen LogP contribution in [-0.2, 0) is 14.3 Å². The lowest BCUT2D eigenvalue weighted by Crippen LogP contribution is -2.43. The van der Waals surface area contributed by atoms with Crippen molar-refractivity contribution in [3.05, 3.63) is 47.3 Å². The predicted molar refractivity (Wildman–Crippen MR) is 105 cm³/mol. The Morgan fingerprint density at radius 1 is 1.33 bits per heavy atom. The summed E-state index contributed by atoms with van der Waals surface area (Å²) in [4.78, 5) is 26.7. The third kappa shape index (κ3) is 5.06. The lowest BCUT2D eigenvalue weighted by Gasteiger charge is -2.38. The molecule has 0 N–H and O–H groups in total. The van der Waals surface area contributed by atoms with Crippen LogP contribution >= 0.6 is 11.8 Å². The van der Waals surface area contributed by atoms with Crippen molar-refractivity contribution in [2.24, 2.45) is 5.92 Å². The SMILES string of the molecule is COCC=C1CN(C(C(=O)C2CC2)c2ccccc2F)CCC1SC(C)=O. The zero-order valence-corrected chi connectivity index (χ0v) is 16.6. The molecule has 1 saturated carbocycles. The summed E-state index contributed by atoms with van der Waals surface area (Å²) < 4.78 is 19.7. The minimum atomic E-state index is -0.562. The largest absolute Gasteiger partial charge is 0.381 e. The minimum Gasteiger partial charge on any atom is -0.381 e. The third-order valence-corrected chi connectivity index (χ3v) is 6.27. The maximum atomic E-state index is 14.5. The maximum absolute atomic E-state index is 14.5. The summed E-state index contributed by atoms with van der Waals surface area (Å²) in [7, 11) is 1.63. The molecule has 1 aliphatic heterocycles. The Labute approximate surface area is 164 Å². The Morgan fingerprint density at radius 3 is 2.70 bits per heavy atom. The summed E-state index contributed by atoms with van der Waals surface area (Å²) in [5, 5.41) is 0.169. The molecule has 27 heavy (non-hydrogen) atoms. The summed E-state index contributed by atoms with van der Waals surface area (Å²) in [6, 6.07) is 6.01. The van der Waals surface area contributed by atoms with Crippen LogP contribution in [0.15, 0.2) is 35.9 Å². The quantitative estimate of drug-likeness (QED) is 0.662. The summed E-state index contributed by atoms with van der Waals surface area (Å²) in [6.45, 7) is 3.24. The second-order valence-electron chi connectivity index (χ2n) is 7.19. The molecule has 0 radical (unpaired) electrons. The molecule has 0 amide bonds. The molecule has 1 heterocycles. The number of piperidine rings is 1. The monoisotopic (exact) mass is 391 g/mol. The first-order valence-corrected chi connectivity index (χ1v) is 10.3. The molecule has 0 aromatic heterocycles. The number of carbonyl (C=O) groups excluding carboxylic acids is 2. The molecule has 0 bridgehead atoms. The van der Waals surface area contributed by atoms with Crippen LogP contribution in [-0.4, -0.2) is 47.9 Å². The number of halogens is 1. The molecule has 4 nitrogen and oxygen atoms in total. The van der Waals surface area contributed by atoms with Gasteiger partial charge in [0.2, 0.25) is 0 Å². The number of carbonyl (C=O) groups is 2. The Balaban J connectivity index is 1.87. The van der Waals surface area contributed by atoms with Crippen LogP contribution in [0.4, 0.5) is 4.39 Å². The molecule has 6 heteroatoms. The second-order valence-corrected chi connectivity index (χ2v) is 8.57. The van der Waals surface area contributed by atoms with Crippen LogP contribution in [0.1, 0.15) is 37.8 Å². The molecular formula is C21H26FNO3S. The van der Waals surface area contributed by atoms with Gasteiger partial charge in [-0.1, -0.05) is 36.0 Å².